The van der Waals surface area contributed by atoms with E-state index in [-0.39, 0.29) is 0 Å². The Labute approximate surface area is 192 Å². The lowest BCUT2D eigenvalue weighted by molar-refractivity contribution is -0.232. The third-order valence-corrected chi connectivity index (χ3v) is 6.50. The van der Waals surface area contributed by atoms with E-state index >= 15 is 0 Å². The third kappa shape index (κ3) is 4.46. The summed E-state index contributed by atoms with van der Waals surface area (Å²) in [7, 11) is 0. The fourth-order valence-corrected chi connectivity index (χ4v) is 4.45. The summed E-state index contributed by atoms with van der Waals surface area (Å²) in [5.74, 6) is 0.723. The van der Waals surface area contributed by atoms with Crippen molar-refractivity contribution in [1.82, 2.24) is 0 Å². The van der Waals surface area contributed by atoms with E-state index < -0.39 is 37.1 Å². The van der Waals surface area contributed by atoms with Crippen molar-refractivity contribution in [2.75, 3.05) is 19.8 Å². The minimum Gasteiger partial charge on any atom is -0.489 e. The summed E-state index contributed by atoms with van der Waals surface area (Å²) in [5.41, 5.74) is 3.51. The molecule has 174 valence electrons. The molecule has 2 aliphatic rings. The summed E-state index contributed by atoms with van der Waals surface area (Å²) in [6.07, 6.45) is -4.30. The van der Waals surface area contributed by atoms with Gasteiger partial charge in [0.25, 0.3) is 0 Å². The molecule has 2 aromatic rings. The molecule has 0 aliphatic carbocycles. The molecule has 2 heterocycles. The summed E-state index contributed by atoms with van der Waals surface area (Å²) < 4.78 is 17.6. The van der Waals surface area contributed by atoms with Crippen LogP contribution in [0.2, 0.25) is 5.02 Å². The summed E-state index contributed by atoms with van der Waals surface area (Å²) in [4.78, 5) is 0. The van der Waals surface area contributed by atoms with E-state index in [0.29, 0.717) is 48.1 Å². The highest BCUT2D eigenvalue weighted by molar-refractivity contribution is 6.33. The predicted octanol–water partition coefficient (Wildman–Crippen LogP) is 2.17. The van der Waals surface area contributed by atoms with Crippen molar-refractivity contribution >= 4 is 11.6 Å². The molecule has 2 aliphatic heterocycles. The molecule has 0 radical (unpaired) electrons. The first kappa shape index (κ1) is 23.3. The van der Waals surface area contributed by atoms with E-state index in [2.05, 4.69) is 19.1 Å². The summed E-state index contributed by atoms with van der Waals surface area (Å²) >= 11 is 6.73. The third-order valence-electron chi connectivity index (χ3n) is 6.09. The largest absolute Gasteiger partial charge is 0.489 e. The monoisotopic (exact) mass is 464 g/mol. The van der Waals surface area contributed by atoms with Crippen LogP contribution in [0.15, 0.2) is 30.3 Å². The van der Waals surface area contributed by atoms with Gasteiger partial charge in [-0.15, -0.1) is 0 Å². The van der Waals surface area contributed by atoms with Crippen LogP contribution in [0.5, 0.6) is 11.5 Å². The Hall–Kier alpha value is -1.87. The van der Waals surface area contributed by atoms with Crippen molar-refractivity contribution in [1.29, 1.82) is 0 Å². The van der Waals surface area contributed by atoms with Crippen LogP contribution in [0.1, 0.15) is 41.7 Å². The predicted molar refractivity (Wildman–Crippen MR) is 118 cm³/mol. The number of aliphatic hydroxyl groups excluding tert-OH is 4. The first-order chi connectivity index (χ1) is 15.4. The van der Waals surface area contributed by atoms with E-state index in [9.17, 15) is 20.4 Å². The second-order valence-electron chi connectivity index (χ2n) is 8.24. The molecule has 0 saturated carbocycles. The minimum atomic E-state index is -1.49. The van der Waals surface area contributed by atoms with Crippen LogP contribution in [0.25, 0.3) is 0 Å². The lowest BCUT2D eigenvalue weighted by atomic mass is 9.89. The molecule has 32 heavy (non-hydrogen) atoms. The number of hydrogen-bond donors (Lipinski definition) is 4. The number of halogens is 1. The molecule has 0 spiro atoms. The van der Waals surface area contributed by atoms with Gasteiger partial charge in [0.05, 0.1) is 24.8 Å². The number of aryl methyl sites for hydroxylation is 1. The standard InChI is InChI=1S/C24H29ClO7/c1-2-13-4-6-14(7-5-13)10-15-11-16(23-24(18(15)25)31-9-3-8-30-23)22-21(29)20(28)19(27)17(12-26)32-22/h4-7,11,17,19-22,26-29H,2-3,8-10,12H2,1H3/t17-,19-,20+,21-,22+/m1/s1. The summed E-state index contributed by atoms with van der Waals surface area (Å²) in [6.45, 7) is 2.41. The molecule has 5 atom stereocenters. The highest BCUT2D eigenvalue weighted by Gasteiger charge is 2.45. The molecule has 4 rings (SSSR count). The molecule has 0 amide bonds. The van der Waals surface area contributed by atoms with Crippen LogP contribution in [0, 0.1) is 0 Å². The van der Waals surface area contributed by atoms with Crippen LogP contribution < -0.4 is 9.47 Å². The van der Waals surface area contributed by atoms with Crippen molar-refractivity contribution in [2.24, 2.45) is 0 Å². The van der Waals surface area contributed by atoms with Gasteiger partial charge in [0, 0.05) is 12.0 Å². The molecular weight excluding hydrogens is 436 g/mol. The molecule has 7 nitrogen and oxygen atoms in total. The number of fused-ring (bicyclic) bond motifs is 1. The Balaban J connectivity index is 1.77. The van der Waals surface area contributed by atoms with Gasteiger partial charge in [-0.3, -0.25) is 0 Å². The van der Waals surface area contributed by atoms with Gasteiger partial charge in [-0.1, -0.05) is 42.8 Å². The average Bonchev–Trinajstić information content (AvgIpc) is 3.07. The number of hydrogen-bond acceptors (Lipinski definition) is 7. The van der Waals surface area contributed by atoms with Gasteiger partial charge in [-0.05, 0) is 35.6 Å². The lowest BCUT2D eigenvalue weighted by Gasteiger charge is -2.40. The van der Waals surface area contributed by atoms with Crippen molar-refractivity contribution < 1.29 is 34.6 Å². The normalized spacial score (nSPS) is 27.8. The fraction of sp³-hybridized carbons (Fsp3) is 0.500. The summed E-state index contributed by atoms with van der Waals surface area (Å²) in [5, 5.41) is 41.2. The van der Waals surface area contributed by atoms with E-state index in [0.717, 1.165) is 17.5 Å². The molecular formula is C24H29ClO7. The second-order valence-corrected chi connectivity index (χ2v) is 8.62. The zero-order valence-corrected chi connectivity index (χ0v) is 18.7. The van der Waals surface area contributed by atoms with Crippen LogP contribution in [-0.2, 0) is 17.6 Å². The maximum Gasteiger partial charge on any atom is 0.180 e. The Morgan fingerprint density at radius 3 is 2.25 bits per heavy atom. The van der Waals surface area contributed by atoms with Crippen LogP contribution >= 0.6 is 11.6 Å². The number of rotatable bonds is 5. The Kier molecular flexibility index (Phi) is 7.24. The van der Waals surface area contributed by atoms with E-state index in [1.807, 2.05) is 12.1 Å². The van der Waals surface area contributed by atoms with Crippen molar-refractivity contribution in [3.05, 3.63) is 57.6 Å². The van der Waals surface area contributed by atoms with Crippen molar-refractivity contribution in [3.8, 4) is 11.5 Å². The first-order valence-electron chi connectivity index (χ1n) is 10.9. The fourth-order valence-electron chi connectivity index (χ4n) is 4.19. The Morgan fingerprint density at radius 2 is 1.59 bits per heavy atom. The molecule has 1 fully saturated rings. The molecule has 0 aromatic heterocycles. The number of aliphatic hydroxyl groups is 4. The van der Waals surface area contributed by atoms with Crippen LogP contribution in [0.4, 0.5) is 0 Å². The Morgan fingerprint density at radius 1 is 0.938 bits per heavy atom. The minimum absolute atomic E-state index is 0.349. The van der Waals surface area contributed by atoms with Gasteiger partial charge >= 0.3 is 0 Å². The highest BCUT2D eigenvalue weighted by atomic mass is 35.5. The molecule has 0 unspecified atom stereocenters. The quantitative estimate of drug-likeness (QED) is 0.537. The van der Waals surface area contributed by atoms with E-state index in [4.69, 9.17) is 25.8 Å². The topological polar surface area (TPSA) is 109 Å². The second kappa shape index (κ2) is 9.95. The molecule has 2 aromatic carbocycles. The highest BCUT2D eigenvalue weighted by Crippen LogP contribution is 2.47. The molecule has 4 N–H and O–H groups in total. The average molecular weight is 465 g/mol. The number of ether oxygens (including phenoxy) is 3. The smallest absolute Gasteiger partial charge is 0.180 e. The van der Waals surface area contributed by atoms with Gasteiger partial charge in [0.2, 0.25) is 0 Å². The Bertz CT molecular complexity index is 931. The molecule has 0 bridgehead atoms. The van der Waals surface area contributed by atoms with Crippen molar-refractivity contribution in [2.45, 2.75) is 56.7 Å². The first-order valence-corrected chi connectivity index (χ1v) is 11.3. The zero-order chi connectivity index (χ0) is 22.8. The number of benzene rings is 2. The van der Waals surface area contributed by atoms with Gasteiger partial charge < -0.3 is 34.6 Å². The maximum atomic E-state index is 10.7. The summed E-state index contributed by atoms with van der Waals surface area (Å²) in [6, 6.07) is 10.0. The van der Waals surface area contributed by atoms with Gasteiger partial charge in [-0.25, -0.2) is 0 Å². The molecule has 1 saturated heterocycles. The van der Waals surface area contributed by atoms with E-state index in [1.165, 1.54) is 5.56 Å². The van der Waals surface area contributed by atoms with Crippen molar-refractivity contribution in [3.63, 3.8) is 0 Å². The maximum absolute atomic E-state index is 10.7. The molecule has 8 heteroatoms. The van der Waals surface area contributed by atoms with Gasteiger partial charge in [-0.2, -0.15) is 0 Å². The van der Waals surface area contributed by atoms with Gasteiger partial charge in [0.15, 0.2) is 11.5 Å². The van der Waals surface area contributed by atoms with Gasteiger partial charge in [0.1, 0.15) is 30.5 Å². The lowest BCUT2D eigenvalue weighted by Crippen LogP contribution is -2.55. The van der Waals surface area contributed by atoms with E-state index in [1.54, 1.807) is 6.07 Å². The SMILES string of the molecule is CCc1ccc(Cc2cc([C@@H]3O[C@H](CO)[C@@H](O)[C@H](O)[C@H]3O)c3c(c2Cl)OCCCO3)cc1. The zero-order valence-electron chi connectivity index (χ0n) is 17.9. The van der Waals surface area contributed by atoms with Crippen LogP contribution in [-0.4, -0.2) is 64.7 Å². The van der Waals surface area contributed by atoms with Crippen LogP contribution in [0.3, 0.4) is 0 Å².